The van der Waals surface area contributed by atoms with Crippen molar-refractivity contribution in [3.8, 4) is 17.0 Å². The summed E-state index contributed by atoms with van der Waals surface area (Å²) in [6.07, 6.45) is 1.56. The van der Waals surface area contributed by atoms with E-state index in [1.54, 1.807) is 18.3 Å². The van der Waals surface area contributed by atoms with Gasteiger partial charge in [0, 0.05) is 35.2 Å². The molecule has 0 atom stereocenters. The van der Waals surface area contributed by atoms with Gasteiger partial charge in [0.2, 0.25) is 5.95 Å². The van der Waals surface area contributed by atoms with Crippen LogP contribution in [0.2, 0.25) is 5.02 Å². The van der Waals surface area contributed by atoms with E-state index in [0.717, 1.165) is 11.4 Å². The number of hydrogen-bond acceptors (Lipinski definition) is 5. The summed E-state index contributed by atoms with van der Waals surface area (Å²) < 4.78 is 0. The van der Waals surface area contributed by atoms with E-state index in [2.05, 4.69) is 9.97 Å². The lowest BCUT2D eigenvalue weighted by Gasteiger charge is -2.20. The number of phenolic OH excluding ortho intramolecular Hbond substituents is 1. The molecule has 0 amide bonds. The van der Waals surface area contributed by atoms with Crippen LogP contribution in [0.4, 0.5) is 17.3 Å². The standard InChI is InChI=1S/C17H15ClN4O/c1-22(12-4-2-11(18)3-5-12)13-6-7-16(23)14(10-13)15-8-9-20-17(19)21-15/h2-10,23H,1H3,(H2,19,20,21). The van der Waals surface area contributed by atoms with Gasteiger partial charge in [-0.1, -0.05) is 11.6 Å². The van der Waals surface area contributed by atoms with Crippen molar-refractivity contribution in [3.05, 3.63) is 59.8 Å². The second-order valence-corrected chi connectivity index (χ2v) is 5.47. The minimum absolute atomic E-state index is 0.136. The molecule has 0 saturated carbocycles. The van der Waals surface area contributed by atoms with E-state index in [1.165, 1.54) is 0 Å². The van der Waals surface area contributed by atoms with Gasteiger partial charge in [-0.3, -0.25) is 0 Å². The van der Waals surface area contributed by atoms with Crippen LogP contribution in [0.5, 0.6) is 5.75 Å². The zero-order chi connectivity index (χ0) is 16.4. The van der Waals surface area contributed by atoms with Crippen LogP contribution in [0.1, 0.15) is 0 Å². The smallest absolute Gasteiger partial charge is 0.220 e. The fourth-order valence-electron chi connectivity index (χ4n) is 2.28. The molecule has 0 spiro atoms. The fourth-order valence-corrected chi connectivity index (χ4v) is 2.40. The molecule has 6 heteroatoms. The number of halogens is 1. The van der Waals surface area contributed by atoms with Crippen molar-refractivity contribution in [3.63, 3.8) is 0 Å². The zero-order valence-electron chi connectivity index (χ0n) is 12.4. The molecule has 0 aliphatic heterocycles. The Morgan fingerprint density at radius 3 is 2.43 bits per heavy atom. The molecule has 0 bridgehead atoms. The number of anilines is 3. The number of benzene rings is 2. The summed E-state index contributed by atoms with van der Waals surface area (Å²) in [6, 6.07) is 14.5. The molecule has 0 unspecified atom stereocenters. The van der Waals surface area contributed by atoms with Gasteiger partial charge in [-0.05, 0) is 48.5 Å². The van der Waals surface area contributed by atoms with E-state index in [9.17, 15) is 5.11 Å². The molecule has 0 aliphatic carbocycles. The second-order valence-electron chi connectivity index (χ2n) is 5.04. The van der Waals surface area contributed by atoms with Crippen molar-refractivity contribution in [2.45, 2.75) is 0 Å². The highest BCUT2D eigenvalue weighted by Gasteiger charge is 2.11. The maximum atomic E-state index is 10.1. The quantitative estimate of drug-likeness (QED) is 0.764. The average Bonchev–Trinajstić information content (AvgIpc) is 2.55. The Morgan fingerprint density at radius 2 is 1.74 bits per heavy atom. The first-order chi connectivity index (χ1) is 11.0. The van der Waals surface area contributed by atoms with Crippen LogP contribution in [0, 0.1) is 0 Å². The third-order valence-electron chi connectivity index (χ3n) is 3.53. The molecule has 3 aromatic rings. The minimum Gasteiger partial charge on any atom is -0.507 e. The fraction of sp³-hybridized carbons (Fsp3) is 0.0588. The van der Waals surface area contributed by atoms with Crippen LogP contribution in [-0.4, -0.2) is 22.1 Å². The number of aromatic nitrogens is 2. The molecule has 0 radical (unpaired) electrons. The summed E-state index contributed by atoms with van der Waals surface area (Å²) in [5, 5.41) is 10.8. The van der Waals surface area contributed by atoms with Crippen molar-refractivity contribution >= 4 is 28.9 Å². The maximum Gasteiger partial charge on any atom is 0.220 e. The molecule has 0 fully saturated rings. The number of nitrogens with zero attached hydrogens (tertiary/aromatic N) is 3. The molecule has 1 aromatic heterocycles. The lowest BCUT2D eigenvalue weighted by Crippen LogP contribution is -2.09. The topological polar surface area (TPSA) is 75.3 Å². The predicted octanol–water partition coefficient (Wildman–Crippen LogP) is 3.85. The van der Waals surface area contributed by atoms with E-state index in [-0.39, 0.29) is 11.7 Å². The largest absolute Gasteiger partial charge is 0.507 e. The monoisotopic (exact) mass is 326 g/mol. The van der Waals surface area contributed by atoms with Gasteiger partial charge in [0.05, 0.1) is 5.69 Å². The number of rotatable bonds is 3. The Balaban J connectivity index is 2.01. The summed E-state index contributed by atoms with van der Waals surface area (Å²) in [5.41, 5.74) is 8.67. The molecule has 2 aromatic carbocycles. The molecule has 0 aliphatic rings. The van der Waals surface area contributed by atoms with Gasteiger partial charge < -0.3 is 15.7 Å². The first kappa shape index (κ1) is 15.1. The number of phenols is 1. The molecule has 0 saturated heterocycles. The SMILES string of the molecule is CN(c1ccc(Cl)cc1)c1ccc(O)c(-c2ccnc(N)n2)c1. The highest BCUT2D eigenvalue weighted by Crippen LogP contribution is 2.34. The Morgan fingerprint density at radius 1 is 1.04 bits per heavy atom. The van der Waals surface area contributed by atoms with E-state index >= 15 is 0 Å². The molecule has 3 N–H and O–H groups in total. The summed E-state index contributed by atoms with van der Waals surface area (Å²) in [6.45, 7) is 0. The first-order valence-electron chi connectivity index (χ1n) is 6.96. The molecular formula is C17H15ClN4O. The maximum absolute atomic E-state index is 10.1. The summed E-state index contributed by atoms with van der Waals surface area (Å²) in [4.78, 5) is 10.0. The average molecular weight is 327 g/mol. The summed E-state index contributed by atoms with van der Waals surface area (Å²) >= 11 is 5.93. The van der Waals surface area contributed by atoms with Crippen molar-refractivity contribution in [1.29, 1.82) is 0 Å². The molecule has 1 heterocycles. The Hall–Kier alpha value is -2.79. The van der Waals surface area contributed by atoms with Crippen LogP contribution in [0.3, 0.4) is 0 Å². The molecule has 116 valence electrons. The summed E-state index contributed by atoms with van der Waals surface area (Å²) in [7, 11) is 1.94. The van der Waals surface area contributed by atoms with Gasteiger partial charge in [-0.15, -0.1) is 0 Å². The molecule has 23 heavy (non-hydrogen) atoms. The van der Waals surface area contributed by atoms with E-state index in [1.807, 2.05) is 48.3 Å². The molecule has 3 rings (SSSR count). The lowest BCUT2D eigenvalue weighted by atomic mass is 10.1. The van der Waals surface area contributed by atoms with E-state index in [0.29, 0.717) is 16.3 Å². The van der Waals surface area contributed by atoms with Crippen molar-refractivity contribution in [2.75, 3.05) is 17.7 Å². The Bertz CT molecular complexity index is 836. The normalized spacial score (nSPS) is 10.5. The van der Waals surface area contributed by atoms with Crippen LogP contribution in [-0.2, 0) is 0 Å². The minimum atomic E-state index is 0.136. The Labute approximate surface area is 139 Å². The van der Waals surface area contributed by atoms with Crippen LogP contribution < -0.4 is 10.6 Å². The highest BCUT2D eigenvalue weighted by molar-refractivity contribution is 6.30. The van der Waals surface area contributed by atoms with Crippen molar-refractivity contribution < 1.29 is 5.11 Å². The second kappa shape index (κ2) is 6.14. The third-order valence-corrected chi connectivity index (χ3v) is 3.78. The van der Waals surface area contributed by atoms with Crippen molar-refractivity contribution in [2.24, 2.45) is 0 Å². The third kappa shape index (κ3) is 3.19. The van der Waals surface area contributed by atoms with E-state index < -0.39 is 0 Å². The van der Waals surface area contributed by atoms with Crippen LogP contribution in [0.15, 0.2) is 54.7 Å². The van der Waals surface area contributed by atoms with Crippen molar-refractivity contribution in [1.82, 2.24) is 9.97 Å². The number of hydrogen-bond donors (Lipinski definition) is 2. The summed E-state index contributed by atoms with van der Waals surface area (Å²) in [5.74, 6) is 0.301. The van der Waals surface area contributed by atoms with Crippen LogP contribution >= 0.6 is 11.6 Å². The molecule has 5 nitrogen and oxygen atoms in total. The zero-order valence-corrected chi connectivity index (χ0v) is 13.2. The first-order valence-corrected chi connectivity index (χ1v) is 7.33. The molecular weight excluding hydrogens is 312 g/mol. The van der Waals surface area contributed by atoms with Crippen LogP contribution in [0.25, 0.3) is 11.3 Å². The van der Waals surface area contributed by atoms with Gasteiger partial charge in [0.25, 0.3) is 0 Å². The lowest BCUT2D eigenvalue weighted by molar-refractivity contribution is 0.477. The van der Waals surface area contributed by atoms with Gasteiger partial charge in [0.1, 0.15) is 5.75 Å². The van der Waals surface area contributed by atoms with Gasteiger partial charge in [0.15, 0.2) is 0 Å². The van der Waals surface area contributed by atoms with Gasteiger partial charge >= 0.3 is 0 Å². The van der Waals surface area contributed by atoms with E-state index in [4.69, 9.17) is 17.3 Å². The number of nitrogen functional groups attached to an aromatic ring is 1. The number of nitrogens with two attached hydrogens (primary N) is 1. The predicted molar refractivity (Wildman–Crippen MR) is 93.1 cm³/mol. The van der Waals surface area contributed by atoms with Gasteiger partial charge in [-0.2, -0.15) is 0 Å². The van der Waals surface area contributed by atoms with Gasteiger partial charge in [-0.25, -0.2) is 9.97 Å². The highest BCUT2D eigenvalue weighted by atomic mass is 35.5. The number of aromatic hydroxyl groups is 1. The Kier molecular flexibility index (Phi) is 4.04.